The van der Waals surface area contributed by atoms with E-state index in [4.69, 9.17) is 0 Å². The number of hydrogen-bond acceptors (Lipinski definition) is 2. The highest BCUT2D eigenvalue weighted by atomic mass is 16.3. The predicted molar refractivity (Wildman–Crippen MR) is 66.0 cm³/mol. The molecule has 0 spiro atoms. The average Bonchev–Trinajstić information content (AvgIpc) is 2.15. The van der Waals surface area contributed by atoms with Crippen molar-refractivity contribution in [3.63, 3.8) is 0 Å². The number of ketones is 1. The van der Waals surface area contributed by atoms with Gasteiger partial charge in [0.1, 0.15) is 5.75 Å². The molecule has 1 N–H and O–H groups in total. The number of aromatic hydroxyl groups is 1. The zero-order valence-corrected chi connectivity index (χ0v) is 10.7. The third-order valence-electron chi connectivity index (χ3n) is 2.61. The van der Waals surface area contributed by atoms with Crippen LogP contribution in [0.15, 0.2) is 18.2 Å². The monoisotopic (exact) mass is 220 g/mol. The number of hydrogen-bond donors (Lipinski definition) is 1. The van der Waals surface area contributed by atoms with Crippen LogP contribution in [0, 0.1) is 5.92 Å². The van der Waals surface area contributed by atoms with Gasteiger partial charge in [0.2, 0.25) is 0 Å². The van der Waals surface area contributed by atoms with Gasteiger partial charge in [0.25, 0.3) is 0 Å². The fourth-order valence-corrected chi connectivity index (χ4v) is 1.62. The number of carbonyl (C=O) groups is 1. The first-order valence-corrected chi connectivity index (χ1v) is 5.61. The van der Waals surface area contributed by atoms with Gasteiger partial charge >= 0.3 is 0 Å². The van der Waals surface area contributed by atoms with Crippen LogP contribution in [0.5, 0.6) is 5.75 Å². The van der Waals surface area contributed by atoms with E-state index in [1.165, 1.54) is 0 Å². The lowest BCUT2D eigenvalue weighted by Crippen LogP contribution is -2.14. The summed E-state index contributed by atoms with van der Waals surface area (Å²) in [6.07, 6.45) is 0. The normalized spacial score (nSPS) is 11.9. The van der Waals surface area contributed by atoms with Crippen molar-refractivity contribution in [1.82, 2.24) is 0 Å². The summed E-state index contributed by atoms with van der Waals surface area (Å²) in [7, 11) is 0. The Balaban J connectivity index is 3.23. The van der Waals surface area contributed by atoms with Gasteiger partial charge in [0.15, 0.2) is 5.78 Å². The number of benzene rings is 1. The molecule has 16 heavy (non-hydrogen) atoms. The maximum atomic E-state index is 11.9. The standard InChI is InChI=1S/C14H20O2/c1-9(2)13(16)10-6-7-12(15)11(8-10)14(3,4)5/h6-9,15H,1-5H3. The van der Waals surface area contributed by atoms with E-state index in [0.29, 0.717) is 5.56 Å². The number of rotatable bonds is 2. The first-order chi connectivity index (χ1) is 7.23. The zero-order valence-electron chi connectivity index (χ0n) is 10.7. The van der Waals surface area contributed by atoms with Crippen LogP contribution < -0.4 is 0 Å². The summed E-state index contributed by atoms with van der Waals surface area (Å²) in [5, 5.41) is 9.78. The summed E-state index contributed by atoms with van der Waals surface area (Å²) in [6, 6.07) is 5.10. The Bertz CT molecular complexity index is 398. The van der Waals surface area contributed by atoms with Crippen LogP contribution in [0.4, 0.5) is 0 Å². The summed E-state index contributed by atoms with van der Waals surface area (Å²) < 4.78 is 0. The van der Waals surface area contributed by atoms with Crippen molar-refractivity contribution < 1.29 is 9.90 Å². The minimum atomic E-state index is -0.155. The molecule has 0 saturated heterocycles. The summed E-state index contributed by atoms with van der Waals surface area (Å²) in [5.74, 6) is 0.357. The van der Waals surface area contributed by atoms with Gasteiger partial charge in [0.05, 0.1) is 0 Å². The summed E-state index contributed by atoms with van der Waals surface area (Å²) >= 11 is 0. The van der Waals surface area contributed by atoms with Gasteiger partial charge in [-0.15, -0.1) is 0 Å². The number of carbonyl (C=O) groups excluding carboxylic acids is 1. The molecule has 0 aliphatic carbocycles. The first-order valence-electron chi connectivity index (χ1n) is 5.61. The van der Waals surface area contributed by atoms with Crippen LogP contribution in [-0.2, 0) is 5.41 Å². The smallest absolute Gasteiger partial charge is 0.165 e. The van der Waals surface area contributed by atoms with E-state index in [-0.39, 0.29) is 22.9 Å². The van der Waals surface area contributed by atoms with E-state index in [9.17, 15) is 9.90 Å². The molecule has 0 atom stereocenters. The molecule has 0 aliphatic rings. The Labute approximate surface area is 97.3 Å². The number of phenolic OH excluding ortho intramolecular Hbond substituents is 1. The molecule has 0 unspecified atom stereocenters. The Hall–Kier alpha value is -1.31. The minimum absolute atomic E-state index is 0.0163. The van der Waals surface area contributed by atoms with Gasteiger partial charge < -0.3 is 5.11 Å². The highest BCUT2D eigenvalue weighted by molar-refractivity contribution is 5.97. The molecule has 0 heterocycles. The quantitative estimate of drug-likeness (QED) is 0.774. The second-order valence-corrected chi connectivity index (χ2v) is 5.50. The van der Waals surface area contributed by atoms with Crippen LogP contribution >= 0.6 is 0 Å². The van der Waals surface area contributed by atoms with Gasteiger partial charge in [-0.2, -0.15) is 0 Å². The van der Waals surface area contributed by atoms with Gasteiger partial charge in [0, 0.05) is 11.5 Å². The number of phenols is 1. The van der Waals surface area contributed by atoms with Crippen LogP contribution in [-0.4, -0.2) is 10.9 Å². The number of Topliss-reactive ketones (excluding diaryl/α,β-unsaturated/α-hetero) is 1. The molecule has 1 aromatic carbocycles. The molecule has 0 saturated carbocycles. The summed E-state index contributed by atoms with van der Waals surface area (Å²) in [4.78, 5) is 11.9. The lowest BCUT2D eigenvalue weighted by molar-refractivity contribution is 0.0939. The second kappa shape index (κ2) is 4.28. The molecule has 0 amide bonds. The third kappa shape index (κ3) is 2.63. The maximum Gasteiger partial charge on any atom is 0.165 e. The van der Waals surface area contributed by atoms with Crippen molar-refractivity contribution in [3.8, 4) is 5.75 Å². The third-order valence-corrected chi connectivity index (χ3v) is 2.61. The molecular formula is C14H20O2. The molecular weight excluding hydrogens is 200 g/mol. The van der Waals surface area contributed by atoms with E-state index in [1.807, 2.05) is 34.6 Å². The van der Waals surface area contributed by atoms with Crippen molar-refractivity contribution in [2.24, 2.45) is 5.92 Å². The Kier molecular flexibility index (Phi) is 3.41. The highest BCUT2D eigenvalue weighted by Gasteiger charge is 2.20. The van der Waals surface area contributed by atoms with Crippen molar-refractivity contribution in [2.75, 3.05) is 0 Å². The van der Waals surface area contributed by atoms with Crippen LogP contribution in [0.3, 0.4) is 0 Å². The van der Waals surface area contributed by atoms with Gasteiger partial charge in [-0.25, -0.2) is 0 Å². The van der Waals surface area contributed by atoms with E-state index in [0.717, 1.165) is 5.56 Å². The topological polar surface area (TPSA) is 37.3 Å². The van der Waals surface area contributed by atoms with Crippen molar-refractivity contribution in [1.29, 1.82) is 0 Å². The van der Waals surface area contributed by atoms with E-state index in [2.05, 4.69) is 0 Å². The largest absolute Gasteiger partial charge is 0.508 e. The Morgan fingerprint density at radius 1 is 1.25 bits per heavy atom. The zero-order chi connectivity index (χ0) is 12.5. The molecule has 0 bridgehead atoms. The molecule has 0 aliphatic heterocycles. The summed E-state index contributed by atoms with van der Waals surface area (Å²) in [6.45, 7) is 9.82. The molecule has 1 aromatic rings. The lowest BCUT2D eigenvalue weighted by Gasteiger charge is -2.21. The molecule has 2 nitrogen and oxygen atoms in total. The van der Waals surface area contributed by atoms with Crippen molar-refractivity contribution in [3.05, 3.63) is 29.3 Å². The Morgan fingerprint density at radius 3 is 2.25 bits per heavy atom. The second-order valence-electron chi connectivity index (χ2n) is 5.50. The molecule has 0 radical (unpaired) electrons. The van der Waals surface area contributed by atoms with Gasteiger partial charge in [-0.3, -0.25) is 4.79 Å². The van der Waals surface area contributed by atoms with E-state index < -0.39 is 0 Å². The average molecular weight is 220 g/mol. The fraction of sp³-hybridized carbons (Fsp3) is 0.500. The summed E-state index contributed by atoms with van der Waals surface area (Å²) in [5.41, 5.74) is 1.34. The predicted octanol–water partition coefficient (Wildman–Crippen LogP) is 3.53. The van der Waals surface area contributed by atoms with Gasteiger partial charge in [-0.05, 0) is 29.2 Å². The van der Waals surface area contributed by atoms with E-state index in [1.54, 1.807) is 18.2 Å². The molecule has 2 heteroatoms. The van der Waals surface area contributed by atoms with Crippen molar-refractivity contribution >= 4 is 5.78 Å². The first kappa shape index (κ1) is 12.8. The minimum Gasteiger partial charge on any atom is -0.508 e. The van der Waals surface area contributed by atoms with Crippen molar-refractivity contribution in [2.45, 2.75) is 40.0 Å². The molecule has 0 fully saturated rings. The van der Waals surface area contributed by atoms with Gasteiger partial charge in [-0.1, -0.05) is 34.6 Å². The Morgan fingerprint density at radius 2 is 1.81 bits per heavy atom. The van der Waals surface area contributed by atoms with E-state index >= 15 is 0 Å². The molecule has 88 valence electrons. The molecule has 0 aromatic heterocycles. The maximum absolute atomic E-state index is 11.9. The lowest BCUT2D eigenvalue weighted by atomic mass is 9.84. The van der Waals surface area contributed by atoms with Crippen LogP contribution in [0.25, 0.3) is 0 Å². The fourth-order valence-electron chi connectivity index (χ4n) is 1.62. The molecule has 1 rings (SSSR count). The van der Waals surface area contributed by atoms with Crippen LogP contribution in [0.2, 0.25) is 0 Å². The SMILES string of the molecule is CC(C)C(=O)c1ccc(O)c(C(C)(C)C)c1. The van der Waals surface area contributed by atoms with Crippen LogP contribution in [0.1, 0.15) is 50.5 Å². The highest BCUT2D eigenvalue weighted by Crippen LogP contribution is 2.31.